The second-order valence-electron chi connectivity index (χ2n) is 5.00. The van der Waals surface area contributed by atoms with E-state index in [1.54, 1.807) is 18.2 Å². The van der Waals surface area contributed by atoms with E-state index in [9.17, 15) is 14.7 Å². The van der Waals surface area contributed by atoms with Gasteiger partial charge in [-0.1, -0.05) is 43.7 Å². The van der Waals surface area contributed by atoms with E-state index in [0.29, 0.717) is 17.1 Å². The van der Waals surface area contributed by atoms with E-state index in [2.05, 4.69) is 0 Å². The number of thioether (sulfide) groups is 1. The fraction of sp³-hybridized carbons (Fsp3) is 0.400. The first kappa shape index (κ1) is 16.8. The molecule has 7 heteroatoms. The molecular weight excluding hydrogens is 322 g/mol. The number of unbranched alkanes of at least 4 members (excludes halogenated alkanes) is 1. The highest BCUT2D eigenvalue weighted by Crippen LogP contribution is 2.35. The first-order valence-corrected chi connectivity index (χ1v) is 8.22. The average molecular weight is 339 g/mol. The summed E-state index contributed by atoms with van der Waals surface area (Å²) < 4.78 is 5.70. The van der Waals surface area contributed by atoms with Gasteiger partial charge in [-0.15, -0.1) is 0 Å². The summed E-state index contributed by atoms with van der Waals surface area (Å²) in [5.41, 5.74) is 0. The fourth-order valence-electron chi connectivity index (χ4n) is 2.17. The second-order valence-corrected chi connectivity index (χ2v) is 6.67. The van der Waals surface area contributed by atoms with Gasteiger partial charge in [0.05, 0.1) is 4.91 Å². The minimum absolute atomic E-state index is 0.281. The molecule has 1 fully saturated rings. The van der Waals surface area contributed by atoms with Crippen LogP contribution in [0.25, 0.3) is 6.08 Å². The van der Waals surface area contributed by atoms with E-state index in [1.165, 1.54) is 4.90 Å². The van der Waals surface area contributed by atoms with E-state index < -0.39 is 12.0 Å². The molecule has 22 heavy (non-hydrogen) atoms. The SMILES string of the molecule is CCCCC(C(=O)O)N1C(=O)C(=Cc2ccc(C)o2)SC1=S. The van der Waals surface area contributed by atoms with Crippen LogP contribution in [0.3, 0.4) is 0 Å². The van der Waals surface area contributed by atoms with Gasteiger partial charge in [0.15, 0.2) is 0 Å². The normalized spacial score (nSPS) is 18.3. The molecule has 118 valence electrons. The van der Waals surface area contributed by atoms with E-state index in [4.69, 9.17) is 16.6 Å². The van der Waals surface area contributed by atoms with Crippen LogP contribution in [0.15, 0.2) is 21.5 Å². The van der Waals surface area contributed by atoms with Gasteiger partial charge in [-0.2, -0.15) is 0 Å². The summed E-state index contributed by atoms with van der Waals surface area (Å²) in [5.74, 6) is -0.0982. The van der Waals surface area contributed by atoms with Crippen LogP contribution in [-0.4, -0.2) is 32.2 Å². The summed E-state index contributed by atoms with van der Waals surface area (Å²) in [5, 5.41) is 9.37. The Balaban J connectivity index is 2.23. The third-order valence-electron chi connectivity index (χ3n) is 3.29. The van der Waals surface area contributed by atoms with Crippen LogP contribution in [0.1, 0.15) is 37.7 Å². The highest BCUT2D eigenvalue weighted by Gasteiger charge is 2.40. The Labute approximate surface area is 138 Å². The largest absolute Gasteiger partial charge is 0.480 e. The number of thiocarbonyl (C=S) groups is 1. The third kappa shape index (κ3) is 3.59. The Bertz CT molecular complexity index is 635. The number of carboxylic acids is 1. The minimum Gasteiger partial charge on any atom is -0.480 e. The molecule has 2 heterocycles. The summed E-state index contributed by atoms with van der Waals surface area (Å²) >= 11 is 6.31. The molecule has 1 N–H and O–H groups in total. The van der Waals surface area contributed by atoms with Gasteiger partial charge in [-0.3, -0.25) is 9.69 Å². The van der Waals surface area contributed by atoms with E-state index in [1.807, 2.05) is 13.8 Å². The maximum absolute atomic E-state index is 12.5. The maximum Gasteiger partial charge on any atom is 0.326 e. The topological polar surface area (TPSA) is 70.8 Å². The number of carboxylic acid groups (broad SMARTS) is 1. The lowest BCUT2D eigenvalue weighted by atomic mass is 10.1. The molecule has 0 spiro atoms. The van der Waals surface area contributed by atoms with Crippen molar-refractivity contribution >= 4 is 46.3 Å². The van der Waals surface area contributed by atoms with Crippen molar-refractivity contribution in [2.45, 2.75) is 39.2 Å². The van der Waals surface area contributed by atoms with Crippen LogP contribution in [0.5, 0.6) is 0 Å². The molecule has 1 atom stereocenters. The Kier molecular flexibility index (Phi) is 5.42. The molecule has 1 aliphatic rings. The Hall–Kier alpha value is -1.60. The van der Waals surface area contributed by atoms with Gasteiger partial charge < -0.3 is 9.52 Å². The molecular formula is C15H17NO4S2. The Morgan fingerprint density at radius 2 is 2.27 bits per heavy atom. The molecule has 1 aliphatic heterocycles. The zero-order chi connectivity index (χ0) is 16.3. The quantitative estimate of drug-likeness (QED) is 0.632. The van der Waals surface area contributed by atoms with E-state index in [-0.39, 0.29) is 10.2 Å². The predicted molar refractivity (Wildman–Crippen MR) is 89.4 cm³/mol. The third-order valence-corrected chi connectivity index (χ3v) is 4.62. The number of furan rings is 1. The van der Waals surface area contributed by atoms with Crippen LogP contribution in [0.4, 0.5) is 0 Å². The van der Waals surface area contributed by atoms with Crippen LogP contribution in [-0.2, 0) is 9.59 Å². The summed E-state index contributed by atoms with van der Waals surface area (Å²) in [4.78, 5) is 25.5. The summed E-state index contributed by atoms with van der Waals surface area (Å²) in [7, 11) is 0. The van der Waals surface area contributed by atoms with Crippen molar-refractivity contribution in [1.29, 1.82) is 0 Å². The predicted octanol–water partition coefficient (Wildman–Crippen LogP) is 3.43. The monoisotopic (exact) mass is 339 g/mol. The van der Waals surface area contributed by atoms with Gasteiger partial charge in [-0.25, -0.2) is 4.79 Å². The van der Waals surface area contributed by atoms with Crippen molar-refractivity contribution in [3.63, 3.8) is 0 Å². The number of amides is 1. The zero-order valence-electron chi connectivity index (χ0n) is 12.4. The number of carbonyl (C=O) groups excluding carboxylic acids is 1. The highest BCUT2D eigenvalue weighted by atomic mass is 32.2. The number of carbonyl (C=O) groups is 2. The van der Waals surface area contributed by atoms with Crippen molar-refractivity contribution in [2.75, 3.05) is 0 Å². The van der Waals surface area contributed by atoms with Crippen LogP contribution in [0, 0.1) is 6.92 Å². The number of aryl methyl sites for hydroxylation is 1. The van der Waals surface area contributed by atoms with Gasteiger partial charge in [0.1, 0.15) is 21.9 Å². The number of nitrogens with zero attached hydrogens (tertiary/aromatic N) is 1. The average Bonchev–Trinajstić information content (AvgIpc) is 2.97. The smallest absolute Gasteiger partial charge is 0.326 e. The highest BCUT2D eigenvalue weighted by molar-refractivity contribution is 8.26. The van der Waals surface area contributed by atoms with Crippen molar-refractivity contribution in [1.82, 2.24) is 4.90 Å². The molecule has 1 amide bonds. The number of hydrogen-bond acceptors (Lipinski definition) is 5. The van der Waals surface area contributed by atoms with Crippen molar-refractivity contribution in [3.05, 3.63) is 28.6 Å². The molecule has 1 unspecified atom stereocenters. The summed E-state index contributed by atoms with van der Waals surface area (Å²) in [6.45, 7) is 3.79. The molecule has 5 nitrogen and oxygen atoms in total. The van der Waals surface area contributed by atoms with Crippen molar-refractivity contribution < 1.29 is 19.1 Å². The van der Waals surface area contributed by atoms with Gasteiger partial charge in [-0.05, 0) is 25.5 Å². The van der Waals surface area contributed by atoms with Crippen LogP contribution in [0.2, 0.25) is 0 Å². The molecule has 2 rings (SSSR count). The number of aliphatic carboxylic acids is 1. The molecule has 0 bridgehead atoms. The molecule has 1 aromatic heterocycles. The Morgan fingerprint density at radius 3 is 2.82 bits per heavy atom. The number of rotatable bonds is 6. The van der Waals surface area contributed by atoms with Gasteiger partial charge in [0, 0.05) is 6.08 Å². The molecule has 1 saturated heterocycles. The van der Waals surface area contributed by atoms with E-state index in [0.717, 1.165) is 30.4 Å². The zero-order valence-corrected chi connectivity index (χ0v) is 14.0. The van der Waals surface area contributed by atoms with E-state index >= 15 is 0 Å². The lowest BCUT2D eigenvalue weighted by Gasteiger charge is -2.22. The first-order valence-electron chi connectivity index (χ1n) is 7.00. The molecule has 0 saturated carbocycles. The number of hydrogen-bond donors (Lipinski definition) is 1. The summed E-state index contributed by atoms with van der Waals surface area (Å²) in [6.07, 6.45) is 3.58. The van der Waals surface area contributed by atoms with Crippen LogP contribution < -0.4 is 0 Å². The first-order chi connectivity index (χ1) is 10.4. The lowest BCUT2D eigenvalue weighted by molar-refractivity contribution is -0.145. The van der Waals surface area contributed by atoms with Gasteiger partial charge in [0.2, 0.25) is 0 Å². The van der Waals surface area contributed by atoms with Crippen LogP contribution >= 0.6 is 24.0 Å². The molecule has 0 aliphatic carbocycles. The molecule has 1 aromatic rings. The lowest BCUT2D eigenvalue weighted by Crippen LogP contribution is -2.43. The Morgan fingerprint density at radius 1 is 1.55 bits per heavy atom. The second kappa shape index (κ2) is 7.11. The van der Waals surface area contributed by atoms with Gasteiger partial charge >= 0.3 is 5.97 Å². The minimum atomic E-state index is -1.03. The standard InChI is InChI=1S/C15H17NO4S2/c1-3-4-5-11(14(18)19)16-13(17)12(22-15(16)21)8-10-7-6-9(2)20-10/h6-8,11H,3-5H2,1-2H3,(H,18,19). The van der Waals surface area contributed by atoms with Gasteiger partial charge in [0.25, 0.3) is 5.91 Å². The maximum atomic E-state index is 12.5. The molecule has 0 aromatic carbocycles. The fourth-order valence-corrected chi connectivity index (χ4v) is 3.51. The molecule has 0 radical (unpaired) electrons. The van der Waals surface area contributed by atoms with Crippen molar-refractivity contribution in [2.24, 2.45) is 0 Å². The van der Waals surface area contributed by atoms with Crippen molar-refractivity contribution in [3.8, 4) is 0 Å². The summed E-state index contributed by atoms with van der Waals surface area (Å²) in [6, 6.07) is 2.65.